The van der Waals surface area contributed by atoms with Gasteiger partial charge in [0, 0.05) is 18.6 Å². The van der Waals surface area contributed by atoms with Crippen molar-refractivity contribution < 1.29 is 9.53 Å². The van der Waals surface area contributed by atoms with E-state index in [9.17, 15) is 4.79 Å². The summed E-state index contributed by atoms with van der Waals surface area (Å²) in [5.74, 6) is 0.845. The Morgan fingerprint density at radius 1 is 1.39 bits per heavy atom. The van der Waals surface area contributed by atoms with E-state index in [1.807, 2.05) is 12.1 Å². The number of hydrazone groups is 1. The molecular formula is C11H9N5O2. The lowest BCUT2D eigenvalue weighted by atomic mass is 10.3. The van der Waals surface area contributed by atoms with E-state index in [0.717, 1.165) is 5.82 Å². The number of nitrogens with one attached hydrogen (secondary N) is 1. The summed E-state index contributed by atoms with van der Waals surface area (Å²) in [4.78, 5) is 19.1. The molecule has 0 atom stereocenters. The van der Waals surface area contributed by atoms with Crippen molar-refractivity contribution >= 4 is 11.8 Å². The van der Waals surface area contributed by atoms with Crippen molar-refractivity contribution in [3.63, 3.8) is 0 Å². The predicted molar refractivity (Wildman–Crippen MR) is 62.0 cm³/mol. The number of pyridine rings is 1. The topological polar surface area (TPSA) is 81.4 Å². The highest BCUT2D eigenvalue weighted by Gasteiger charge is 2.14. The van der Waals surface area contributed by atoms with Crippen LogP contribution in [0.1, 0.15) is 5.56 Å². The van der Waals surface area contributed by atoms with Gasteiger partial charge < -0.3 is 4.74 Å². The van der Waals surface area contributed by atoms with E-state index in [1.54, 1.807) is 29.5 Å². The standard InChI is InChI=1S/C11H9N5O2/c17-10-6-18-11(15-14-10)8-1-2-9(13-5-8)16-4-3-12-7-16/h1-5,7H,6H2,(H,14,17). The maximum absolute atomic E-state index is 10.9. The number of hydrogen-bond acceptors (Lipinski definition) is 5. The fourth-order valence-corrected chi connectivity index (χ4v) is 1.52. The molecule has 1 N–H and O–H groups in total. The van der Waals surface area contributed by atoms with Gasteiger partial charge in [0.05, 0.1) is 5.56 Å². The molecule has 0 aliphatic carbocycles. The second-order valence-electron chi connectivity index (χ2n) is 3.62. The summed E-state index contributed by atoms with van der Waals surface area (Å²) in [6.07, 6.45) is 6.78. The van der Waals surface area contributed by atoms with Crippen LogP contribution >= 0.6 is 0 Å². The number of amides is 1. The zero-order valence-electron chi connectivity index (χ0n) is 9.28. The van der Waals surface area contributed by atoms with Crippen LogP contribution in [0.4, 0.5) is 0 Å². The van der Waals surface area contributed by atoms with E-state index in [1.165, 1.54) is 0 Å². The van der Waals surface area contributed by atoms with Gasteiger partial charge in [-0.15, -0.1) is 5.10 Å². The molecule has 0 spiro atoms. The first-order chi connectivity index (χ1) is 8.83. The Morgan fingerprint density at radius 2 is 2.33 bits per heavy atom. The van der Waals surface area contributed by atoms with Crippen molar-refractivity contribution in [3.8, 4) is 5.82 Å². The van der Waals surface area contributed by atoms with E-state index in [0.29, 0.717) is 11.5 Å². The van der Waals surface area contributed by atoms with Crippen molar-refractivity contribution in [3.05, 3.63) is 42.6 Å². The smallest absolute Gasteiger partial charge is 0.278 e. The average Bonchev–Trinajstić information content (AvgIpc) is 2.94. The minimum atomic E-state index is -0.262. The minimum absolute atomic E-state index is 0.0257. The number of hydrogen-bond donors (Lipinski definition) is 1. The summed E-state index contributed by atoms with van der Waals surface area (Å²) in [6.45, 7) is -0.0257. The molecule has 90 valence electrons. The highest BCUT2D eigenvalue weighted by atomic mass is 16.5. The number of carbonyl (C=O) groups is 1. The largest absolute Gasteiger partial charge is 0.466 e. The lowest BCUT2D eigenvalue weighted by molar-refractivity contribution is -0.124. The molecule has 18 heavy (non-hydrogen) atoms. The molecule has 2 aromatic rings. The summed E-state index contributed by atoms with van der Waals surface area (Å²) in [5.41, 5.74) is 3.06. The Labute approximate surface area is 102 Å². The third kappa shape index (κ3) is 1.93. The van der Waals surface area contributed by atoms with Gasteiger partial charge in [0.15, 0.2) is 6.61 Å². The third-order valence-corrected chi connectivity index (χ3v) is 2.39. The zero-order chi connectivity index (χ0) is 12.4. The van der Waals surface area contributed by atoms with Gasteiger partial charge >= 0.3 is 0 Å². The van der Waals surface area contributed by atoms with Gasteiger partial charge in [0.1, 0.15) is 12.1 Å². The first-order valence-electron chi connectivity index (χ1n) is 5.27. The van der Waals surface area contributed by atoms with Crippen molar-refractivity contribution in [2.75, 3.05) is 6.61 Å². The van der Waals surface area contributed by atoms with Crippen LogP contribution in [0.2, 0.25) is 0 Å². The Balaban J connectivity index is 1.85. The van der Waals surface area contributed by atoms with Crippen molar-refractivity contribution in [2.45, 2.75) is 0 Å². The van der Waals surface area contributed by atoms with Crippen LogP contribution in [0.5, 0.6) is 0 Å². The van der Waals surface area contributed by atoms with E-state index in [2.05, 4.69) is 20.5 Å². The van der Waals surface area contributed by atoms with Gasteiger partial charge in [0.2, 0.25) is 5.90 Å². The molecule has 0 fully saturated rings. The molecule has 7 heteroatoms. The van der Waals surface area contributed by atoms with Gasteiger partial charge in [-0.05, 0) is 12.1 Å². The normalized spacial score (nSPS) is 14.7. The molecule has 3 heterocycles. The molecule has 3 rings (SSSR count). The van der Waals surface area contributed by atoms with Crippen LogP contribution in [0, 0.1) is 0 Å². The summed E-state index contributed by atoms with van der Waals surface area (Å²) in [5, 5.41) is 3.81. The number of rotatable bonds is 2. The van der Waals surface area contributed by atoms with E-state index in [-0.39, 0.29) is 12.5 Å². The summed E-state index contributed by atoms with van der Waals surface area (Å²) >= 11 is 0. The van der Waals surface area contributed by atoms with Crippen LogP contribution in [-0.2, 0) is 9.53 Å². The van der Waals surface area contributed by atoms with Crippen molar-refractivity contribution in [2.24, 2.45) is 5.10 Å². The van der Waals surface area contributed by atoms with E-state index >= 15 is 0 Å². The predicted octanol–water partition coefficient (Wildman–Crippen LogP) is 0.0753. The highest BCUT2D eigenvalue weighted by molar-refractivity contribution is 5.97. The third-order valence-electron chi connectivity index (χ3n) is 2.39. The molecule has 1 amide bonds. The van der Waals surface area contributed by atoms with Gasteiger partial charge in [0.25, 0.3) is 5.91 Å². The zero-order valence-corrected chi connectivity index (χ0v) is 9.28. The number of carbonyl (C=O) groups excluding carboxylic acids is 1. The summed E-state index contributed by atoms with van der Waals surface area (Å²) in [7, 11) is 0. The Hall–Kier alpha value is -2.70. The molecule has 0 unspecified atom stereocenters. The van der Waals surface area contributed by atoms with Gasteiger partial charge in [-0.2, -0.15) is 0 Å². The second kappa shape index (κ2) is 4.28. The molecule has 0 saturated heterocycles. The van der Waals surface area contributed by atoms with Crippen molar-refractivity contribution in [1.29, 1.82) is 0 Å². The van der Waals surface area contributed by atoms with Gasteiger partial charge in [-0.1, -0.05) is 0 Å². The molecule has 0 saturated carbocycles. The fraction of sp³-hybridized carbons (Fsp3) is 0.0909. The van der Waals surface area contributed by atoms with Crippen LogP contribution < -0.4 is 5.43 Å². The van der Waals surface area contributed by atoms with E-state index in [4.69, 9.17) is 4.74 Å². The number of ether oxygens (including phenoxy) is 1. The Bertz CT molecular complexity index is 588. The first-order valence-corrected chi connectivity index (χ1v) is 5.27. The monoisotopic (exact) mass is 243 g/mol. The molecule has 0 aromatic carbocycles. The molecular weight excluding hydrogens is 234 g/mol. The van der Waals surface area contributed by atoms with E-state index < -0.39 is 0 Å². The lowest BCUT2D eigenvalue weighted by Gasteiger charge is -2.13. The molecule has 7 nitrogen and oxygen atoms in total. The quantitative estimate of drug-likeness (QED) is 0.809. The van der Waals surface area contributed by atoms with Crippen LogP contribution in [-0.4, -0.2) is 32.9 Å². The first kappa shape index (κ1) is 10.5. The molecule has 1 aliphatic heterocycles. The van der Waals surface area contributed by atoms with Crippen LogP contribution in [0.25, 0.3) is 5.82 Å². The SMILES string of the molecule is O=C1COC(c2ccc(-n3ccnc3)nc2)=NN1. The molecule has 2 aromatic heterocycles. The second-order valence-corrected chi connectivity index (χ2v) is 3.62. The van der Waals surface area contributed by atoms with Crippen LogP contribution in [0.3, 0.4) is 0 Å². The summed E-state index contributed by atoms with van der Waals surface area (Å²) in [6, 6.07) is 3.64. The maximum atomic E-state index is 10.9. The van der Waals surface area contributed by atoms with Crippen molar-refractivity contribution in [1.82, 2.24) is 20.0 Å². The number of imidazole rings is 1. The number of nitrogens with zero attached hydrogens (tertiary/aromatic N) is 4. The minimum Gasteiger partial charge on any atom is -0.466 e. The Kier molecular flexibility index (Phi) is 2.49. The average molecular weight is 243 g/mol. The molecule has 0 bridgehead atoms. The lowest BCUT2D eigenvalue weighted by Crippen LogP contribution is -2.32. The molecule has 1 aliphatic rings. The molecule has 0 radical (unpaired) electrons. The van der Waals surface area contributed by atoms with Gasteiger partial charge in [-0.25, -0.2) is 15.4 Å². The number of aromatic nitrogens is 3. The van der Waals surface area contributed by atoms with Crippen LogP contribution in [0.15, 0.2) is 42.2 Å². The fourth-order valence-electron chi connectivity index (χ4n) is 1.52. The highest BCUT2D eigenvalue weighted by Crippen LogP contribution is 2.08. The van der Waals surface area contributed by atoms with Gasteiger partial charge in [-0.3, -0.25) is 9.36 Å². The summed E-state index contributed by atoms with van der Waals surface area (Å²) < 4.78 is 6.97. The Morgan fingerprint density at radius 3 is 2.94 bits per heavy atom. The maximum Gasteiger partial charge on any atom is 0.278 e.